The molecule has 2 aromatic rings. The molecule has 0 amide bonds. The van der Waals surface area contributed by atoms with Gasteiger partial charge >= 0.3 is 5.69 Å². The summed E-state index contributed by atoms with van der Waals surface area (Å²) in [5, 5.41) is 11.7. The summed E-state index contributed by atoms with van der Waals surface area (Å²) in [5.74, 6) is 0.242. The zero-order chi connectivity index (χ0) is 15.5. The van der Waals surface area contributed by atoms with Gasteiger partial charge in [0.05, 0.1) is 17.7 Å². The molecule has 1 aliphatic rings. The SMILES string of the molecule is COc1ccc(C=Nc2nc3c(s2)CCCC3)cc1[N+](=O)[O-]. The van der Waals surface area contributed by atoms with Gasteiger partial charge in [-0.3, -0.25) is 10.1 Å². The van der Waals surface area contributed by atoms with Gasteiger partial charge < -0.3 is 4.74 Å². The Bertz CT molecular complexity index is 716. The number of ether oxygens (including phenoxy) is 1. The topological polar surface area (TPSA) is 77.6 Å². The van der Waals surface area contributed by atoms with Crippen LogP contribution in [-0.4, -0.2) is 23.2 Å². The van der Waals surface area contributed by atoms with Gasteiger partial charge in [0.1, 0.15) is 0 Å². The lowest BCUT2D eigenvalue weighted by atomic mass is 10.0. The molecule has 0 radical (unpaired) electrons. The minimum atomic E-state index is -0.460. The van der Waals surface area contributed by atoms with Crippen LogP contribution in [0.3, 0.4) is 0 Å². The fourth-order valence-electron chi connectivity index (χ4n) is 2.45. The first-order chi connectivity index (χ1) is 10.7. The molecule has 0 bridgehead atoms. The van der Waals surface area contributed by atoms with E-state index >= 15 is 0 Å². The number of aryl methyl sites for hydroxylation is 2. The molecular formula is C15H15N3O3S. The minimum Gasteiger partial charge on any atom is -0.490 e. The molecule has 0 spiro atoms. The van der Waals surface area contributed by atoms with E-state index in [9.17, 15) is 10.1 Å². The van der Waals surface area contributed by atoms with Gasteiger partial charge in [-0.1, -0.05) is 11.3 Å². The maximum absolute atomic E-state index is 11.0. The Labute approximate surface area is 131 Å². The van der Waals surface area contributed by atoms with Gasteiger partial charge in [-0.05, 0) is 43.4 Å². The molecule has 1 aliphatic carbocycles. The van der Waals surface area contributed by atoms with Crippen molar-refractivity contribution in [1.82, 2.24) is 4.98 Å². The van der Waals surface area contributed by atoms with Gasteiger partial charge in [0.2, 0.25) is 5.13 Å². The lowest BCUT2D eigenvalue weighted by Gasteiger charge is -2.06. The van der Waals surface area contributed by atoms with Gasteiger partial charge in [-0.2, -0.15) is 0 Å². The number of hydrogen-bond donors (Lipinski definition) is 0. The summed E-state index contributed by atoms with van der Waals surface area (Å²) >= 11 is 1.61. The van der Waals surface area contributed by atoms with Crippen molar-refractivity contribution < 1.29 is 9.66 Å². The number of rotatable bonds is 4. The molecule has 6 nitrogen and oxygen atoms in total. The van der Waals surface area contributed by atoms with Crippen molar-refractivity contribution in [2.75, 3.05) is 7.11 Å². The normalized spacial score (nSPS) is 14.0. The Morgan fingerprint density at radius 2 is 2.23 bits per heavy atom. The predicted octanol–water partition coefficient (Wildman–Crippen LogP) is 3.69. The smallest absolute Gasteiger partial charge is 0.311 e. The van der Waals surface area contributed by atoms with Gasteiger partial charge in [-0.15, -0.1) is 0 Å². The number of fused-ring (bicyclic) bond motifs is 1. The highest BCUT2D eigenvalue weighted by molar-refractivity contribution is 7.15. The van der Waals surface area contributed by atoms with Crippen LogP contribution in [0.4, 0.5) is 10.8 Å². The molecule has 0 saturated heterocycles. The predicted molar refractivity (Wildman–Crippen MR) is 85.7 cm³/mol. The first-order valence-corrected chi connectivity index (χ1v) is 7.84. The van der Waals surface area contributed by atoms with Crippen molar-refractivity contribution in [3.8, 4) is 5.75 Å². The van der Waals surface area contributed by atoms with Crippen LogP contribution in [0, 0.1) is 10.1 Å². The standard InChI is InChI=1S/C15H15N3O3S/c1-21-13-7-6-10(8-12(13)18(19)20)9-16-15-17-11-4-2-3-5-14(11)22-15/h6-9H,2-5H2,1H3. The van der Waals surface area contributed by atoms with Crippen molar-refractivity contribution in [3.63, 3.8) is 0 Å². The van der Waals surface area contributed by atoms with Gasteiger partial charge in [0, 0.05) is 17.2 Å². The zero-order valence-corrected chi connectivity index (χ0v) is 12.9. The highest BCUT2D eigenvalue weighted by Crippen LogP contribution is 2.31. The largest absolute Gasteiger partial charge is 0.490 e. The number of methoxy groups -OCH3 is 1. The van der Waals surface area contributed by atoms with Crippen LogP contribution >= 0.6 is 11.3 Å². The average Bonchev–Trinajstić information content (AvgIpc) is 2.95. The van der Waals surface area contributed by atoms with E-state index in [-0.39, 0.29) is 11.4 Å². The number of nitrogens with zero attached hydrogens (tertiary/aromatic N) is 3. The van der Waals surface area contributed by atoms with E-state index in [1.807, 2.05) is 0 Å². The van der Waals surface area contributed by atoms with Crippen molar-refractivity contribution in [2.45, 2.75) is 25.7 Å². The lowest BCUT2D eigenvalue weighted by Crippen LogP contribution is -1.98. The zero-order valence-electron chi connectivity index (χ0n) is 12.1. The fourth-order valence-corrected chi connectivity index (χ4v) is 3.45. The summed E-state index contributed by atoms with van der Waals surface area (Å²) in [4.78, 5) is 20.7. The van der Waals surface area contributed by atoms with Crippen LogP contribution < -0.4 is 4.74 Å². The van der Waals surface area contributed by atoms with Gasteiger partial charge in [0.25, 0.3) is 0 Å². The number of hydrogen-bond acceptors (Lipinski definition) is 6. The van der Waals surface area contributed by atoms with Gasteiger partial charge in [0.15, 0.2) is 5.75 Å². The van der Waals surface area contributed by atoms with Crippen LogP contribution in [0.5, 0.6) is 5.75 Å². The second-order valence-electron chi connectivity index (χ2n) is 5.02. The van der Waals surface area contributed by atoms with E-state index in [2.05, 4.69) is 9.98 Å². The maximum atomic E-state index is 11.0. The molecule has 0 saturated carbocycles. The van der Waals surface area contributed by atoms with Crippen molar-refractivity contribution in [3.05, 3.63) is 44.4 Å². The monoisotopic (exact) mass is 317 g/mol. The molecule has 7 heteroatoms. The van der Waals surface area contributed by atoms with Crippen molar-refractivity contribution >= 4 is 28.4 Å². The van der Waals surface area contributed by atoms with Crippen LogP contribution in [0.25, 0.3) is 0 Å². The van der Waals surface area contributed by atoms with E-state index in [0.29, 0.717) is 10.7 Å². The molecule has 114 valence electrons. The summed E-state index contributed by atoms with van der Waals surface area (Å²) in [7, 11) is 1.41. The summed E-state index contributed by atoms with van der Waals surface area (Å²) in [6.07, 6.45) is 6.11. The molecule has 0 aliphatic heterocycles. The average molecular weight is 317 g/mol. The molecular weight excluding hydrogens is 302 g/mol. The molecule has 0 fully saturated rings. The van der Waals surface area contributed by atoms with Crippen LogP contribution in [0.1, 0.15) is 29.0 Å². The second kappa shape index (κ2) is 6.23. The highest BCUT2D eigenvalue weighted by Gasteiger charge is 2.16. The Kier molecular flexibility index (Phi) is 4.15. The third kappa shape index (κ3) is 2.99. The number of thiazole rings is 1. The summed E-state index contributed by atoms with van der Waals surface area (Å²) in [6.45, 7) is 0. The van der Waals surface area contributed by atoms with Crippen molar-refractivity contribution in [1.29, 1.82) is 0 Å². The molecule has 1 aromatic carbocycles. The molecule has 0 N–H and O–H groups in total. The van der Waals surface area contributed by atoms with E-state index < -0.39 is 4.92 Å². The minimum absolute atomic E-state index is 0.0649. The first kappa shape index (κ1) is 14.6. The molecule has 1 heterocycles. The molecule has 22 heavy (non-hydrogen) atoms. The number of nitro groups is 1. The van der Waals surface area contributed by atoms with E-state index in [0.717, 1.165) is 18.5 Å². The Morgan fingerprint density at radius 3 is 2.95 bits per heavy atom. The molecule has 1 aromatic heterocycles. The van der Waals surface area contributed by atoms with Crippen molar-refractivity contribution in [2.24, 2.45) is 4.99 Å². The van der Waals surface area contributed by atoms with E-state index in [1.165, 1.54) is 30.9 Å². The van der Waals surface area contributed by atoms with E-state index in [1.54, 1.807) is 29.7 Å². The Balaban J connectivity index is 1.84. The number of benzene rings is 1. The first-order valence-electron chi connectivity index (χ1n) is 7.02. The number of nitro benzene ring substituents is 1. The molecule has 0 unspecified atom stereocenters. The summed E-state index contributed by atoms with van der Waals surface area (Å²) in [5.41, 5.74) is 1.75. The number of aromatic nitrogens is 1. The van der Waals surface area contributed by atoms with Crippen LogP contribution in [0.2, 0.25) is 0 Å². The maximum Gasteiger partial charge on any atom is 0.311 e. The van der Waals surface area contributed by atoms with Crippen LogP contribution in [0.15, 0.2) is 23.2 Å². The molecule has 0 atom stereocenters. The Morgan fingerprint density at radius 1 is 1.41 bits per heavy atom. The van der Waals surface area contributed by atoms with E-state index in [4.69, 9.17) is 4.74 Å². The third-order valence-corrected chi connectivity index (χ3v) is 4.62. The summed E-state index contributed by atoms with van der Waals surface area (Å²) in [6, 6.07) is 4.77. The Hall–Kier alpha value is -2.28. The third-order valence-electron chi connectivity index (χ3n) is 3.56. The highest BCUT2D eigenvalue weighted by atomic mass is 32.1. The van der Waals surface area contributed by atoms with Gasteiger partial charge in [-0.25, -0.2) is 9.98 Å². The second-order valence-corrected chi connectivity index (χ2v) is 6.08. The quantitative estimate of drug-likeness (QED) is 0.489. The number of aliphatic imine (C=N–C) groups is 1. The fraction of sp³-hybridized carbons (Fsp3) is 0.333. The lowest BCUT2D eigenvalue weighted by molar-refractivity contribution is -0.385. The van der Waals surface area contributed by atoms with Crippen LogP contribution in [-0.2, 0) is 12.8 Å². The molecule has 3 rings (SSSR count). The summed E-state index contributed by atoms with van der Waals surface area (Å²) < 4.78 is 4.98.